The van der Waals surface area contributed by atoms with Gasteiger partial charge in [0.1, 0.15) is 0 Å². The molecular formula is C27H18O4. The van der Waals surface area contributed by atoms with E-state index in [-0.39, 0.29) is 16.7 Å². The molecule has 4 heteroatoms. The molecule has 150 valence electrons. The zero-order chi connectivity index (χ0) is 21.8. The molecule has 4 aromatic carbocycles. The minimum atomic E-state index is -1.26. The molecule has 0 bridgehead atoms. The molecule has 0 aliphatic carbocycles. The largest absolute Gasteiger partial charge is 0.478 e. The second-order valence-corrected chi connectivity index (χ2v) is 7.00. The number of Topliss-reactive ketones (excluding diaryl/α,β-unsaturated/α-hetero) is 2. The molecule has 0 heterocycles. The van der Waals surface area contributed by atoms with Gasteiger partial charge in [-0.2, -0.15) is 0 Å². The number of carboxylic acids is 1. The predicted molar refractivity (Wildman–Crippen MR) is 119 cm³/mol. The van der Waals surface area contributed by atoms with Crippen molar-refractivity contribution in [3.05, 3.63) is 120 Å². The molecule has 0 radical (unpaired) electrons. The van der Waals surface area contributed by atoms with Crippen LogP contribution in [0.2, 0.25) is 0 Å². The van der Waals surface area contributed by atoms with E-state index in [0.29, 0.717) is 11.1 Å². The van der Waals surface area contributed by atoms with Gasteiger partial charge >= 0.3 is 5.97 Å². The smallest absolute Gasteiger partial charge is 0.337 e. The fourth-order valence-corrected chi connectivity index (χ4v) is 3.53. The lowest BCUT2D eigenvalue weighted by Gasteiger charge is -2.12. The van der Waals surface area contributed by atoms with E-state index >= 15 is 0 Å². The highest BCUT2D eigenvalue weighted by atomic mass is 16.4. The summed E-state index contributed by atoms with van der Waals surface area (Å²) >= 11 is 0. The maximum atomic E-state index is 12.9. The number of carboxylic acid groups (broad SMARTS) is 1. The van der Waals surface area contributed by atoms with Crippen molar-refractivity contribution in [1.82, 2.24) is 0 Å². The molecule has 0 aromatic heterocycles. The van der Waals surface area contributed by atoms with Gasteiger partial charge in [0.05, 0.1) is 5.56 Å². The van der Waals surface area contributed by atoms with E-state index in [4.69, 9.17) is 0 Å². The molecule has 0 fully saturated rings. The molecule has 0 atom stereocenters. The van der Waals surface area contributed by atoms with Crippen LogP contribution in [0.15, 0.2) is 103 Å². The highest BCUT2D eigenvalue weighted by Gasteiger charge is 2.26. The number of hydrogen-bond donors (Lipinski definition) is 1. The first-order valence-electron chi connectivity index (χ1n) is 9.72. The van der Waals surface area contributed by atoms with Crippen LogP contribution in [0.4, 0.5) is 0 Å². The van der Waals surface area contributed by atoms with Crippen molar-refractivity contribution in [3.8, 4) is 22.3 Å². The Bertz CT molecular complexity index is 1260. The molecule has 0 saturated carbocycles. The van der Waals surface area contributed by atoms with Crippen LogP contribution in [0.1, 0.15) is 31.1 Å². The van der Waals surface area contributed by atoms with Gasteiger partial charge in [-0.25, -0.2) is 4.79 Å². The van der Waals surface area contributed by atoms with Gasteiger partial charge in [0.15, 0.2) is 0 Å². The number of benzene rings is 4. The second-order valence-electron chi connectivity index (χ2n) is 7.00. The van der Waals surface area contributed by atoms with E-state index in [0.717, 1.165) is 11.1 Å². The van der Waals surface area contributed by atoms with E-state index in [9.17, 15) is 19.5 Å². The van der Waals surface area contributed by atoms with Gasteiger partial charge in [-0.15, -0.1) is 0 Å². The Labute approximate surface area is 179 Å². The van der Waals surface area contributed by atoms with Crippen LogP contribution in [0.5, 0.6) is 0 Å². The van der Waals surface area contributed by atoms with Crippen molar-refractivity contribution in [2.75, 3.05) is 0 Å². The molecule has 1 N–H and O–H groups in total. The number of carbonyl (C=O) groups is 3. The van der Waals surface area contributed by atoms with Crippen molar-refractivity contribution in [2.45, 2.75) is 0 Å². The van der Waals surface area contributed by atoms with Crippen molar-refractivity contribution >= 4 is 17.5 Å². The van der Waals surface area contributed by atoms with Gasteiger partial charge in [-0.05, 0) is 28.3 Å². The average Bonchev–Trinajstić information content (AvgIpc) is 2.83. The van der Waals surface area contributed by atoms with E-state index in [1.54, 1.807) is 30.3 Å². The second kappa shape index (κ2) is 8.59. The number of ketones is 2. The molecule has 31 heavy (non-hydrogen) atoms. The fourth-order valence-electron chi connectivity index (χ4n) is 3.53. The van der Waals surface area contributed by atoms with Crippen molar-refractivity contribution in [3.63, 3.8) is 0 Å². The molecule has 0 aliphatic heterocycles. The third-order valence-electron chi connectivity index (χ3n) is 5.07. The maximum absolute atomic E-state index is 12.9. The topological polar surface area (TPSA) is 71.4 Å². The lowest BCUT2D eigenvalue weighted by Crippen LogP contribution is -2.18. The number of hydrogen-bond acceptors (Lipinski definition) is 3. The minimum absolute atomic E-state index is 0.119. The molecule has 0 spiro atoms. The summed E-state index contributed by atoms with van der Waals surface area (Å²) in [5, 5.41) is 9.88. The Hall–Kier alpha value is -4.31. The van der Waals surface area contributed by atoms with Crippen LogP contribution in [0.25, 0.3) is 22.3 Å². The van der Waals surface area contributed by atoms with Gasteiger partial charge in [0, 0.05) is 11.1 Å². The lowest BCUT2D eigenvalue weighted by molar-refractivity contribution is 0.0692. The quantitative estimate of drug-likeness (QED) is 0.325. The van der Waals surface area contributed by atoms with Gasteiger partial charge in [-0.1, -0.05) is 97.1 Å². The first-order chi connectivity index (χ1) is 15.1. The Morgan fingerprint density at radius 3 is 1.68 bits per heavy atom. The van der Waals surface area contributed by atoms with E-state index in [1.165, 1.54) is 18.2 Å². The zero-order valence-corrected chi connectivity index (χ0v) is 16.5. The number of aromatic carboxylic acids is 1. The van der Waals surface area contributed by atoms with Crippen molar-refractivity contribution in [2.24, 2.45) is 0 Å². The van der Waals surface area contributed by atoms with Gasteiger partial charge in [-0.3, -0.25) is 9.59 Å². The molecule has 0 amide bonds. The third-order valence-corrected chi connectivity index (χ3v) is 5.07. The average molecular weight is 406 g/mol. The first-order valence-corrected chi connectivity index (χ1v) is 9.72. The Morgan fingerprint density at radius 1 is 0.516 bits per heavy atom. The molecule has 0 aliphatic rings. The summed E-state index contributed by atoms with van der Waals surface area (Å²) < 4.78 is 0. The molecule has 0 saturated heterocycles. The monoisotopic (exact) mass is 406 g/mol. The minimum Gasteiger partial charge on any atom is -0.478 e. The summed E-state index contributed by atoms with van der Waals surface area (Å²) in [5.41, 5.74) is 3.01. The van der Waals surface area contributed by atoms with Crippen LogP contribution >= 0.6 is 0 Å². The first kappa shape index (κ1) is 20.0. The van der Waals surface area contributed by atoms with Crippen LogP contribution in [0, 0.1) is 0 Å². The SMILES string of the molecule is O=C(C(=O)c1cccc(-c2ccc(-c3ccccc3)cc2)c1C(=O)O)c1ccccc1. The Morgan fingerprint density at radius 2 is 1.06 bits per heavy atom. The van der Waals surface area contributed by atoms with Crippen LogP contribution < -0.4 is 0 Å². The number of rotatable bonds is 6. The summed E-state index contributed by atoms with van der Waals surface area (Å²) in [5.74, 6) is -2.84. The highest BCUT2D eigenvalue weighted by molar-refractivity contribution is 6.50. The summed E-state index contributed by atoms with van der Waals surface area (Å²) in [6, 6.07) is 30.0. The third kappa shape index (κ3) is 4.05. The van der Waals surface area contributed by atoms with Gasteiger partial charge in [0.2, 0.25) is 11.6 Å². The van der Waals surface area contributed by atoms with Crippen molar-refractivity contribution < 1.29 is 19.5 Å². The summed E-state index contributed by atoms with van der Waals surface area (Å²) in [6.07, 6.45) is 0. The Balaban J connectivity index is 1.75. The molecule has 4 aromatic rings. The molecule has 4 rings (SSSR count). The standard InChI is InChI=1S/C27H18O4/c28-25(21-10-5-2-6-11-21)26(29)23-13-7-12-22(24(23)27(30)31)20-16-14-19(15-17-20)18-8-3-1-4-9-18/h1-17H,(H,30,31). The Kier molecular flexibility index (Phi) is 5.54. The molecule has 0 unspecified atom stereocenters. The maximum Gasteiger partial charge on any atom is 0.337 e. The summed E-state index contributed by atoms with van der Waals surface area (Å²) in [4.78, 5) is 37.6. The summed E-state index contributed by atoms with van der Waals surface area (Å²) in [6.45, 7) is 0. The van der Waals surface area contributed by atoms with Crippen LogP contribution in [-0.4, -0.2) is 22.6 Å². The normalized spacial score (nSPS) is 10.5. The predicted octanol–water partition coefficient (Wildman–Crippen LogP) is 5.78. The molecular weight excluding hydrogens is 388 g/mol. The van der Waals surface area contributed by atoms with Crippen molar-refractivity contribution in [1.29, 1.82) is 0 Å². The van der Waals surface area contributed by atoms with Crippen LogP contribution in [0.3, 0.4) is 0 Å². The molecule has 4 nitrogen and oxygen atoms in total. The van der Waals surface area contributed by atoms with Crippen LogP contribution in [-0.2, 0) is 0 Å². The fraction of sp³-hybridized carbons (Fsp3) is 0. The van der Waals surface area contributed by atoms with E-state index < -0.39 is 17.5 Å². The zero-order valence-electron chi connectivity index (χ0n) is 16.5. The lowest BCUT2D eigenvalue weighted by atomic mass is 9.90. The van der Waals surface area contributed by atoms with Gasteiger partial charge < -0.3 is 5.11 Å². The van der Waals surface area contributed by atoms with Gasteiger partial charge in [0.25, 0.3) is 0 Å². The number of carbonyl (C=O) groups excluding carboxylic acids is 2. The highest BCUT2D eigenvalue weighted by Crippen LogP contribution is 2.30. The van der Waals surface area contributed by atoms with E-state index in [2.05, 4.69) is 0 Å². The summed E-state index contributed by atoms with van der Waals surface area (Å²) in [7, 11) is 0. The van der Waals surface area contributed by atoms with E-state index in [1.807, 2.05) is 54.6 Å².